The summed E-state index contributed by atoms with van der Waals surface area (Å²) in [4.78, 5) is 14.0. The summed E-state index contributed by atoms with van der Waals surface area (Å²) in [5.74, 6) is 0.837. The molecule has 1 fully saturated rings. The highest BCUT2D eigenvalue weighted by atomic mass is 79.9. The molecule has 0 saturated carbocycles. The molecule has 0 radical (unpaired) electrons. The molecule has 0 spiro atoms. The summed E-state index contributed by atoms with van der Waals surface area (Å²) in [6.07, 6.45) is 2.42. The summed E-state index contributed by atoms with van der Waals surface area (Å²) >= 11 is 9.27. The fraction of sp³-hybridized carbons (Fsp3) is 0.533. The topological polar surface area (TPSA) is 41.6 Å². The van der Waals surface area contributed by atoms with Gasteiger partial charge in [0.25, 0.3) is 0 Å². The Morgan fingerprint density at radius 3 is 2.86 bits per heavy atom. The Balaban J connectivity index is 1.78. The van der Waals surface area contributed by atoms with Gasteiger partial charge in [0.15, 0.2) is 0 Å². The Bertz CT molecular complexity index is 493. The van der Waals surface area contributed by atoms with Crippen molar-refractivity contribution >= 4 is 33.4 Å². The maximum Gasteiger partial charge on any atom is 0.225 e. The van der Waals surface area contributed by atoms with Crippen LogP contribution in [-0.2, 0) is 4.79 Å². The van der Waals surface area contributed by atoms with Crippen molar-refractivity contribution in [2.24, 2.45) is 0 Å². The molecule has 1 aliphatic heterocycles. The second kappa shape index (κ2) is 8.01. The van der Waals surface area contributed by atoms with Gasteiger partial charge in [0.05, 0.1) is 17.5 Å². The summed E-state index contributed by atoms with van der Waals surface area (Å²) in [5, 5.41) is 3.95. The lowest BCUT2D eigenvalue weighted by molar-refractivity contribution is -0.132. The first-order valence-electron chi connectivity index (χ1n) is 7.12. The van der Waals surface area contributed by atoms with Crippen LogP contribution in [0.2, 0.25) is 5.02 Å². The molecule has 1 N–H and O–H groups in total. The lowest BCUT2D eigenvalue weighted by Crippen LogP contribution is -2.44. The number of amides is 1. The summed E-state index contributed by atoms with van der Waals surface area (Å²) in [7, 11) is 1.89. The predicted molar refractivity (Wildman–Crippen MR) is 87.9 cm³/mol. The smallest absolute Gasteiger partial charge is 0.225 e. The van der Waals surface area contributed by atoms with Crippen LogP contribution in [0.1, 0.15) is 19.3 Å². The van der Waals surface area contributed by atoms with Crippen molar-refractivity contribution in [1.29, 1.82) is 0 Å². The van der Waals surface area contributed by atoms with E-state index in [1.54, 1.807) is 18.2 Å². The molecule has 1 aromatic carbocycles. The van der Waals surface area contributed by atoms with Gasteiger partial charge < -0.3 is 15.0 Å². The number of rotatable bonds is 5. The van der Waals surface area contributed by atoms with Crippen molar-refractivity contribution in [2.75, 3.05) is 26.7 Å². The average molecular weight is 376 g/mol. The summed E-state index contributed by atoms with van der Waals surface area (Å²) in [5.41, 5.74) is 0. The van der Waals surface area contributed by atoms with Crippen molar-refractivity contribution < 1.29 is 9.53 Å². The van der Waals surface area contributed by atoms with Crippen molar-refractivity contribution in [2.45, 2.75) is 25.3 Å². The zero-order valence-corrected chi connectivity index (χ0v) is 14.4. The number of hydrogen-bond donors (Lipinski definition) is 1. The van der Waals surface area contributed by atoms with Gasteiger partial charge >= 0.3 is 0 Å². The molecule has 116 valence electrons. The Morgan fingerprint density at radius 2 is 2.19 bits per heavy atom. The second-order valence-corrected chi connectivity index (χ2v) is 6.45. The fourth-order valence-electron chi connectivity index (χ4n) is 2.41. The highest BCUT2D eigenvalue weighted by Crippen LogP contribution is 2.28. The molecule has 0 aromatic heterocycles. The van der Waals surface area contributed by atoms with E-state index in [0.29, 0.717) is 29.8 Å². The molecule has 1 heterocycles. The Kier molecular flexibility index (Phi) is 6.33. The summed E-state index contributed by atoms with van der Waals surface area (Å²) in [6.45, 7) is 2.33. The Hall–Kier alpha value is -0.780. The van der Waals surface area contributed by atoms with Crippen LogP contribution in [0.4, 0.5) is 0 Å². The van der Waals surface area contributed by atoms with E-state index in [1.807, 2.05) is 11.9 Å². The molecule has 1 aliphatic rings. The van der Waals surface area contributed by atoms with Crippen LogP contribution in [0.3, 0.4) is 0 Å². The van der Waals surface area contributed by atoms with Gasteiger partial charge in [0.1, 0.15) is 5.75 Å². The highest BCUT2D eigenvalue weighted by molar-refractivity contribution is 9.10. The van der Waals surface area contributed by atoms with E-state index < -0.39 is 0 Å². The molecule has 4 nitrogen and oxygen atoms in total. The van der Waals surface area contributed by atoms with Crippen molar-refractivity contribution in [3.8, 4) is 5.75 Å². The minimum absolute atomic E-state index is 0.131. The minimum Gasteiger partial charge on any atom is -0.492 e. The normalized spacial score (nSPS) is 15.8. The number of piperidine rings is 1. The number of halogens is 2. The van der Waals surface area contributed by atoms with Crippen LogP contribution in [0.25, 0.3) is 0 Å². The molecule has 1 amide bonds. The number of benzene rings is 1. The van der Waals surface area contributed by atoms with E-state index in [2.05, 4.69) is 21.2 Å². The van der Waals surface area contributed by atoms with Gasteiger partial charge in [0.2, 0.25) is 5.91 Å². The van der Waals surface area contributed by atoms with Crippen LogP contribution >= 0.6 is 27.5 Å². The maximum absolute atomic E-state index is 12.2. The first-order chi connectivity index (χ1) is 10.1. The van der Waals surface area contributed by atoms with E-state index >= 15 is 0 Å². The molecule has 2 rings (SSSR count). The van der Waals surface area contributed by atoms with Crippen molar-refractivity contribution in [3.05, 3.63) is 27.7 Å². The Morgan fingerprint density at radius 1 is 1.48 bits per heavy atom. The largest absolute Gasteiger partial charge is 0.492 e. The van der Waals surface area contributed by atoms with Crippen LogP contribution in [-0.4, -0.2) is 43.6 Å². The number of carbonyl (C=O) groups excluding carboxylic acids is 1. The molecule has 1 aromatic rings. The van der Waals surface area contributed by atoms with Crippen molar-refractivity contribution in [1.82, 2.24) is 10.2 Å². The van der Waals surface area contributed by atoms with E-state index in [9.17, 15) is 4.79 Å². The quantitative estimate of drug-likeness (QED) is 0.860. The van der Waals surface area contributed by atoms with Gasteiger partial charge in [-0.05, 0) is 60.1 Å². The molecule has 0 atom stereocenters. The van der Waals surface area contributed by atoms with E-state index in [0.717, 1.165) is 30.4 Å². The molecule has 0 unspecified atom stereocenters. The molecule has 21 heavy (non-hydrogen) atoms. The van der Waals surface area contributed by atoms with E-state index in [4.69, 9.17) is 16.3 Å². The molecule has 1 saturated heterocycles. The van der Waals surface area contributed by atoms with Gasteiger partial charge in [0, 0.05) is 18.1 Å². The summed E-state index contributed by atoms with van der Waals surface area (Å²) < 4.78 is 6.43. The van der Waals surface area contributed by atoms with Gasteiger partial charge in [-0.1, -0.05) is 11.6 Å². The number of carbonyl (C=O) groups is 1. The fourth-order valence-corrected chi connectivity index (χ4v) is 3.21. The molecule has 0 bridgehead atoms. The monoisotopic (exact) mass is 374 g/mol. The Labute approximate surface area is 138 Å². The predicted octanol–water partition coefficient (Wildman–Crippen LogP) is 3.08. The summed E-state index contributed by atoms with van der Waals surface area (Å²) in [6, 6.07) is 5.69. The lowest BCUT2D eigenvalue weighted by Gasteiger charge is -2.31. The number of nitrogens with zero attached hydrogens (tertiary/aromatic N) is 1. The molecular formula is C15H20BrClN2O2. The minimum atomic E-state index is 0.131. The van der Waals surface area contributed by atoms with Crippen LogP contribution in [0.5, 0.6) is 5.75 Å². The van der Waals surface area contributed by atoms with E-state index in [-0.39, 0.29) is 5.91 Å². The molecular weight excluding hydrogens is 356 g/mol. The second-order valence-electron chi connectivity index (χ2n) is 5.16. The van der Waals surface area contributed by atoms with Gasteiger partial charge in [-0.15, -0.1) is 0 Å². The highest BCUT2D eigenvalue weighted by Gasteiger charge is 2.21. The zero-order chi connectivity index (χ0) is 15.2. The number of nitrogens with one attached hydrogen (secondary N) is 1. The maximum atomic E-state index is 12.2. The third-order valence-corrected chi connectivity index (χ3v) is 4.57. The number of ether oxygens (including phenoxy) is 1. The van der Waals surface area contributed by atoms with Crippen LogP contribution in [0, 0.1) is 0 Å². The zero-order valence-electron chi connectivity index (χ0n) is 12.1. The SMILES string of the molecule is CN(C(=O)CCOc1ccc(Cl)cc1Br)C1CCNCC1. The van der Waals surface area contributed by atoms with Gasteiger partial charge in [-0.2, -0.15) is 0 Å². The first kappa shape index (κ1) is 16.6. The van der Waals surface area contributed by atoms with Gasteiger partial charge in [-0.25, -0.2) is 0 Å². The third-order valence-electron chi connectivity index (χ3n) is 3.72. The van der Waals surface area contributed by atoms with E-state index in [1.165, 1.54) is 0 Å². The van der Waals surface area contributed by atoms with Crippen LogP contribution < -0.4 is 10.1 Å². The van der Waals surface area contributed by atoms with Crippen molar-refractivity contribution in [3.63, 3.8) is 0 Å². The average Bonchev–Trinajstić information content (AvgIpc) is 2.49. The third kappa shape index (κ3) is 4.87. The lowest BCUT2D eigenvalue weighted by atomic mass is 10.1. The molecule has 6 heteroatoms. The first-order valence-corrected chi connectivity index (χ1v) is 8.29. The van der Waals surface area contributed by atoms with Gasteiger partial charge in [-0.3, -0.25) is 4.79 Å². The number of hydrogen-bond acceptors (Lipinski definition) is 3. The standard InChI is InChI=1S/C15H20BrClN2O2/c1-19(12-4-7-18-8-5-12)15(20)6-9-21-14-3-2-11(17)10-13(14)16/h2-3,10,12,18H,4-9H2,1H3. The van der Waals surface area contributed by atoms with Crippen LogP contribution in [0.15, 0.2) is 22.7 Å². The molecule has 0 aliphatic carbocycles.